The average molecular weight is 349 g/mol. The zero-order valence-corrected chi connectivity index (χ0v) is 14.7. The quantitative estimate of drug-likeness (QED) is 0.684. The van der Waals surface area contributed by atoms with Crippen LogP contribution in [0.2, 0.25) is 0 Å². The lowest BCUT2D eigenvalue weighted by Crippen LogP contribution is -2.12. The fraction of sp³-hybridized carbons (Fsp3) is 0.200. The summed E-state index contributed by atoms with van der Waals surface area (Å²) >= 11 is 0. The smallest absolute Gasteiger partial charge is 0.247 e. The van der Waals surface area contributed by atoms with Crippen LogP contribution in [0.25, 0.3) is 11.5 Å². The molecule has 6 heteroatoms. The van der Waals surface area contributed by atoms with E-state index >= 15 is 0 Å². The Labute approximate surface area is 151 Å². The molecule has 132 valence electrons. The molecule has 6 nitrogen and oxygen atoms in total. The molecule has 0 bridgehead atoms. The number of hydrogen-bond donors (Lipinski definition) is 1. The van der Waals surface area contributed by atoms with E-state index in [0.717, 1.165) is 11.1 Å². The minimum absolute atomic E-state index is 0.0457. The van der Waals surface area contributed by atoms with Gasteiger partial charge in [0.1, 0.15) is 0 Å². The summed E-state index contributed by atoms with van der Waals surface area (Å²) in [5, 5.41) is 10.8. The molecule has 3 aromatic rings. The number of benzene rings is 2. The second-order valence-corrected chi connectivity index (χ2v) is 6.05. The van der Waals surface area contributed by atoms with Crippen LogP contribution in [-0.2, 0) is 11.2 Å². The number of Topliss-reactive ketones (excluding diaryl/α,β-unsaturated/α-hetero) is 1. The highest BCUT2D eigenvalue weighted by Crippen LogP contribution is 2.19. The number of anilines is 1. The van der Waals surface area contributed by atoms with Crippen LogP contribution in [0.5, 0.6) is 0 Å². The zero-order valence-electron chi connectivity index (χ0n) is 14.7. The molecule has 0 spiro atoms. The van der Waals surface area contributed by atoms with Crippen molar-refractivity contribution >= 4 is 17.4 Å². The van der Waals surface area contributed by atoms with Gasteiger partial charge in [-0.25, -0.2) is 0 Å². The van der Waals surface area contributed by atoms with Crippen LogP contribution >= 0.6 is 0 Å². The van der Waals surface area contributed by atoms with Crippen LogP contribution in [0.3, 0.4) is 0 Å². The Kier molecular flexibility index (Phi) is 5.22. The van der Waals surface area contributed by atoms with Gasteiger partial charge in [0, 0.05) is 29.7 Å². The summed E-state index contributed by atoms with van der Waals surface area (Å²) in [5.41, 5.74) is 3.15. The topological polar surface area (TPSA) is 85.1 Å². The molecule has 0 unspecified atom stereocenters. The highest BCUT2D eigenvalue weighted by Gasteiger charge is 2.11. The molecule has 0 radical (unpaired) electrons. The maximum atomic E-state index is 12.1. The standard InChI is InChI=1S/C20H19N3O3/c1-13-6-8-15(9-7-13)20-23-22-19(26-20)11-10-18(25)21-17-5-3-4-16(12-17)14(2)24/h3-9,12H,10-11H2,1-2H3,(H,21,25). The molecule has 1 heterocycles. The Morgan fingerprint density at radius 1 is 1.08 bits per heavy atom. The van der Waals surface area contributed by atoms with Crippen LogP contribution in [-0.4, -0.2) is 21.9 Å². The number of carbonyl (C=O) groups excluding carboxylic acids is 2. The van der Waals surface area contributed by atoms with E-state index in [-0.39, 0.29) is 18.1 Å². The van der Waals surface area contributed by atoms with E-state index in [1.54, 1.807) is 24.3 Å². The van der Waals surface area contributed by atoms with E-state index in [1.165, 1.54) is 6.92 Å². The summed E-state index contributed by atoms with van der Waals surface area (Å²) in [4.78, 5) is 23.5. The van der Waals surface area contributed by atoms with Crippen molar-refractivity contribution < 1.29 is 14.0 Å². The van der Waals surface area contributed by atoms with E-state index < -0.39 is 0 Å². The molecule has 0 fully saturated rings. The molecule has 0 aliphatic carbocycles. The number of carbonyl (C=O) groups is 2. The number of aryl methyl sites for hydroxylation is 2. The SMILES string of the molecule is CC(=O)c1cccc(NC(=O)CCc2nnc(-c3ccc(C)cc3)o2)c1. The van der Waals surface area contributed by atoms with Crippen molar-refractivity contribution in [2.75, 3.05) is 5.32 Å². The third kappa shape index (κ3) is 4.42. The summed E-state index contributed by atoms with van der Waals surface area (Å²) in [7, 11) is 0. The number of ketones is 1. The van der Waals surface area contributed by atoms with E-state index in [2.05, 4.69) is 15.5 Å². The largest absolute Gasteiger partial charge is 0.421 e. The molecule has 3 rings (SSSR count). The van der Waals surface area contributed by atoms with Gasteiger partial charge in [0.05, 0.1) is 0 Å². The Balaban J connectivity index is 1.57. The Morgan fingerprint density at radius 3 is 2.58 bits per heavy atom. The van der Waals surface area contributed by atoms with Crippen LogP contribution in [0.1, 0.15) is 35.2 Å². The summed E-state index contributed by atoms with van der Waals surface area (Å²) in [6, 6.07) is 14.6. The lowest BCUT2D eigenvalue weighted by atomic mass is 10.1. The van der Waals surface area contributed by atoms with Gasteiger partial charge >= 0.3 is 0 Å². The minimum Gasteiger partial charge on any atom is -0.421 e. The van der Waals surface area contributed by atoms with Crippen LogP contribution in [0.15, 0.2) is 52.9 Å². The molecule has 0 aliphatic rings. The Morgan fingerprint density at radius 2 is 1.85 bits per heavy atom. The molecule has 1 aromatic heterocycles. The number of nitrogens with zero attached hydrogens (tertiary/aromatic N) is 2. The maximum absolute atomic E-state index is 12.1. The lowest BCUT2D eigenvalue weighted by Gasteiger charge is -2.05. The van der Waals surface area contributed by atoms with Crippen LogP contribution in [0, 0.1) is 6.92 Å². The molecular formula is C20H19N3O3. The molecule has 26 heavy (non-hydrogen) atoms. The molecule has 1 N–H and O–H groups in total. The Bertz CT molecular complexity index is 929. The first kappa shape index (κ1) is 17.5. The van der Waals surface area contributed by atoms with Crippen molar-refractivity contribution in [3.05, 3.63) is 65.5 Å². The molecule has 2 aromatic carbocycles. The highest BCUT2D eigenvalue weighted by atomic mass is 16.4. The van der Waals surface area contributed by atoms with E-state index in [9.17, 15) is 9.59 Å². The maximum Gasteiger partial charge on any atom is 0.247 e. The third-order valence-corrected chi connectivity index (χ3v) is 3.88. The van der Waals surface area contributed by atoms with Gasteiger partial charge < -0.3 is 9.73 Å². The zero-order chi connectivity index (χ0) is 18.5. The number of amides is 1. The lowest BCUT2D eigenvalue weighted by molar-refractivity contribution is -0.116. The predicted molar refractivity (Wildman–Crippen MR) is 97.9 cm³/mol. The van der Waals surface area contributed by atoms with Gasteiger partial charge in [0.15, 0.2) is 5.78 Å². The predicted octanol–water partition coefficient (Wildman–Crippen LogP) is 3.82. The first-order chi connectivity index (χ1) is 12.5. The van der Waals surface area contributed by atoms with Gasteiger partial charge in [-0.15, -0.1) is 10.2 Å². The van der Waals surface area contributed by atoms with Crippen molar-refractivity contribution in [2.24, 2.45) is 0 Å². The first-order valence-corrected chi connectivity index (χ1v) is 8.31. The molecule has 0 saturated carbocycles. The van der Waals surface area contributed by atoms with Gasteiger partial charge in [-0.2, -0.15) is 0 Å². The normalized spacial score (nSPS) is 10.5. The molecular weight excluding hydrogens is 330 g/mol. The second kappa shape index (κ2) is 7.74. The molecule has 0 saturated heterocycles. The summed E-state index contributed by atoms with van der Waals surface area (Å²) in [5.74, 6) is 0.624. The fourth-order valence-electron chi connectivity index (χ4n) is 2.43. The van der Waals surface area contributed by atoms with Gasteiger partial charge in [-0.05, 0) is 38.1 Å². The first-order valence-electron chi connectivity index (χ1n) is 8.31. The van der Waals surface area contributed by atoms with E-state index in [1.807, 2.05) is 31.2 Å². The second-order valence-electron chi connectivity index (χ2n) is 6.05. The van der Waals surface area contributed by atoms with Crippen LogP contribution < -0.4 is 5.32 Å². The van der Waals surface area contributed by atoms with Crippen molar-refractivity contribution in [1.82, 2.24) is 10.2 Å². The molecule has 1 amide bonds. The summed E-state index contributed by atoms with van der Waals surface area (Å²) in [6.07, 6.45) is 0.553. The fourth-order valence-corrected chi connectivity index (χ4v) is 2.43. The number of aromatic nitrogens is 2. The average Bonchev–Trinajstić information content (AvgIpc) is 3.10. The number of nitrogens with one attached hydrogen (secondary N) is 1. The third-order valence-electron chi connectivity index (χ3n) is 3.88. The molecule has 0 atom stereocenters. The number of rotatable bonds is 6. The van der Waals surface area contributed by atoms with Gasteiger partial charge in [0.2, 0.25) is 17.7 Å². The Hall–Kier alpha value is -3.28. The van der Waals surface area contributed by atoms with E-state index in [4.69, 9.17) is 4.42 Å². The molecule has 0 aliphatic heterocycles. The van der Waals surface area contributed by atoms with Gasteiger partial charge in [0.25, 0.3) is 0 Å². The minimum atomic E-state index is -0.180. The number of hydrogen-bond acceptors (Lipinski definition) is 5. The van der Waals surface area contributed by atoms with Gasteiger partial charge in [-0.1, -0.05) is 29.8 Å². The van der Waals surface area contributed by atoms with Crippen molar-refractivity contribution in [3.63, 3.8) is 0 Å². The van der Waals surface area contributed by atoms with Gasteiger partial charge in [-0.3, -0.25) is 9.59 Å². The van der Waals surface area contributed by atoms with Crippen molar-refractivity contribution in [2.45, 2.75) is 26.7 Å². The van der Waals surface area contributed by atoms with Crippen LogP contribution in [0.4, 0.5) is 5.69 Å². The van der Waals surface area contributed by atoms with Crippen molar-refractivity contribution in [3.8, 4) is 11.5 Å². The monoisotopic (exact) mass is 349 g/mol. The van der Waals surface area contributed by atoms with E-state index in [0.29, 0.717) is 29.5 Å². The summed E-state index contributed by atoms with van der Waals surface area (Å²) < 4.78 is 5.61. The highest BCUT2D eigenvalue weighted by molar-refractivity contribution is 5.97. The van der Waals surface area contributed by atoms with Crippen molar-refractivity contribution in [1.29, 1.82) is 0 Å². The summed E-state index contributed by atoms with van der Waals surface area (Å²) in [6.45, 7) is 3.50.